The minimum Gasteiger partial charge on any atom is -0.389 e. The van der Waals surface area contributed by atoms with Gasteiger partial charge in [-0.05, 0) is 19.1 Å². The number of nitrogens with zero attached hydrogens (tertiary/aromatic N) is 2. The largest absolute Gasteiger partial charge is 0.389 e. The minimum atomic E-state index is -0.700. The summed E-state index contributed by atoms with van der Waals surface area (Å²) in [5.74, 6) is -0.483. The van der Waals surface area contributed by atoms with Gasteiger partial charge >= 0.3 is 0 Å². The molecule has 0 saturated carbocycles. The van der Waals surface area contributed by atoms with Crippen LogP contribution in [0.1, 0.15) is 24.2 Å². The number of carbonyl (C=O) groups excluding carboxylic acids is 1. The second-order valence-corrected chi connectivity index (χ2v) is 4.75. The van der Waals surface area contributed by atoms with Gasteiger partial charge in [-0.2, -0.15) is 5.26 Å². The molecule has 20 heavy (non-hydrogen) atoms. The lowest BCUT2D eigenvalue weighted by Gasteiger charge is -2.37. The van der Waals surface area contributed by atoms with Crippen LogP contribution in [0, 0.1) is 11.3 Å². The fraction of sp³-hybridized carbons (Fsp3) is 0.429. The normalized spacial score (nSPS) is 20.2. The Balaban J connectivity index is 2.48. The van der Waals surface area contributed by atoms with Gasteiger partial charge in [0, 0.05) is 17.8 Å². The standard InChI is InChI=1S/C14H17N3O3/c1-9(18)11-3-2-10(7-15)6-12(11)17-4-5-20-8-13(17)14(16)19/h2-3,6,9,13,18H,4-5,8H2,1H3,(H2,16,19)/t9-,13?/m0/s1. The Labute approximate surface area is 117 Å². The van der Waals surface area contributed by atoms with E-state index >= 15 is 0 Å². The highest BCUT2D eigenvalue weighted by molar-refractivity contribution is 5.84. The number of primary amides is 1. The number of nitrogens with two attached hydrogens (primary N) is 1. The van der Waals surface area contributed by atoms with E-state index in [4.69, 9.17) is 15.7 Å². The lowest BCUT2D eigenvalue weighted by atomic mass is 10.0. The highest BCUT2D eigenvalue weighted by atomic mass is 16.5. The van der Waals surface area contributed by atoms with Gasteiger partial charge in [-0.15, -0.1) is 0 Å². The van der Waals surface area contributed by atoms with E-state index in [9.17, 15) is 9.90 Å². The van der Waals surface area contributed by atoms with Gasteiger partial charge in [0.15, 0.2) is 0 Å². The maximum Gasteiger partial charge on any atom is 0.242 e. The lowest BCUT2D eigenvalue weighted by Crippen LogP contribution is -2.53. The number of anilines is 1. The molecule has 1 unspecified atom stereocenters. The molecule has 2 rings (SSSR count). The third kappa shape index (κ3) is 2.74. The number of rotatable bonds is 3. The van der Waals surface area contributed by atoms with Crippen LogP contribution in [0.4, 0.5) is 5.69 Å². The van der Waals surface area contributed by atoms with Gasteiger partial charge in [0.2, 0.25) is 5.91 Å². The Kier molecular flexibility index (Phi) is 4.23. The van der Waals surface area contributed by atoms with Crippen LogP contribution in [-0.2, 0) is 9.53 Å². The molecule has 0 aliphatic carbocycles. The molecular weight excluding hydrogens is 258 g/mol. The van der Waals surface area contributed by atoms with E-state index in [0.717, 1.165) is 0 Å². The van der Waals surface area contributed by atoms with Crippen LogP contribution >= 0.6 is 0 Å². The smallest absolute Gasteiger partial charge is 0.242 e. The predicted octanol–water partition coefficient (Wildman–Crippen LogP) is 0.302. The maximum atomic E-state index is 11.5. The van der Waals surface area contributed by atoms with Crippen molar-refractivity contribution in [1.82, 2.24) is 0 Å². The van der Waals surface area contributed by atoms with Crippen LogP contribution in [0.5, 0.6) is 0 Å². The second-order valence-electron chi connectivity index (χ2n) is 4.75. The lowest BCUT2D eigenvalue weighted by molar-refractivity contribution is -0.121. The van der Waals surface area contributed by atoms with Crippen molar-refractivity contribution in [2.75, 3.05) is 24.7 Å². The van der Waals surface area contributed by atoms with Crippen molar-refractivity contribution in [3.63, 3.8) is 0 Å². The van der Waals surface area contributed by atoms with E-state index in [0.29, 0.717) is 30.0 Å². The first kappa shape index (κ1) is 14.3. The van der Waals surface area contributed by atoms with E-state index in [-0.39, 0.29) is 6.61 Å². The van der Waals surface area contributed by atoms with Gasteiger partial charge in [-0.3, -0.25) is 4.79 Å². The van der Waals surface area contributed by atoms with E-state index in [1.165, 1.54) is 0 Å². The van der Waals surface area contributed by atoms with E-state index in [1.807, 2.05) is 0 Å². The SMILES string of the molecule is C[C@H](O)c1ccc(C#N)cc1N1CCOCC1C(N)=O. The van der Waals surface area contributed by atoms with Gasteiger partial charge in [0.25, 0.3) is 0 Å². The summed E-state index contributed by atoms with van der Waals surface area (Å²) in [6.07, 6.45) is -0.700. The summed E-state index contributed by atoms with van der Waals surface area (Å²) >= 11 is 0. The molecule has 1 heterocycles. The molecule has 106 valence electrons. The fourth-order valence-corrected chi connectivity index (χ4v) is 2.34. The van der Waals surface area contributed by atoms with Gasteiger partial charge in [-0.25, -0.2) is 0 Å². The van der Waals surface area contributed by atoms with Crippen molar-refractivity contribution in [2.24, 2.45) is 5.73 Å². The quantitative estimate of drug-likeness (QED) is 0.826. The van der Waals surface area contributed by atoms with Crippen molar-refractivity contribution in [3.8, 4) is 6.07 Å². The third-order valence-electron chi connectivity index (χ3n) is 3.38. The third-order valence-corrected chi connectivity index (χ3v) is 3.38. The molecule has 6 heteroatoms. The Morgan fingerprint density at radius 1 is 1.65 bits per heavy atom. The monoisotopic (exact) mass is 275 g/mol. The molecule has 1 aliphatic heterocycles. The number of nitriles is 1. The molecule has 2 atom stereocenters. The van der Waals surface area contributed by atoms with Crippen molar-refractivity contribution in [1.29, 1.82) is 5.26 Å². The molecule has 1 fully saturated rings. The Bertz CT molecular complexity index is 551. The molecule has 6 nitrogen and oxygen atoms in total. The first-order valence-corrected chi connectivity index (χ1v) is 6.40. The zero-order valence-electron chi connectivity index (χ0n) is 11.2. The molecule has 0 bridgehead atoms. The number of ether oxygens (including phenoxy) is 1. The molecule has 3 N–H and O–H groups in total. The number of amides is 1. The van der Waals surface area contributed by atoms with Crippen LogP contribution in [0.3, 0.4) is 0 Å². The van der Waals surface area contributed by atoms with E-state index in [2.05, 4.69) is 6.07 Å². The molecule has 1 aromatic rings. The Morgan fingerprint density at radius 3 is 3.00 bits per heavy atom. The number of aliphatic hydroxyl groups excluding tert-OH is 1. The average molecular weight is 275 g/mol. The van der Waals surface area contributed by atoms with Crippen molar-refractivity contribution in [2.45, 2.75) is 19.1 Å². The number of aliphatic hydroxyl groups is 1. The minimum absolute atomic E-state index is 0.214. The second kappa shape index (κ2) is 5.90. The van der Waals surface area contributed by atoms with Gasteiger partial charge in [-0.1, -0.05) is 6.07 Å². The van der Waals surface area contributed by atoms with Gasteiger partial charge in [0.1, 0.15) is 6.04 Å². The number of hydrogen-bond acceptors (Lipinski definition) is 5. The summed E-state index contributed by atoms with van der Waals surface area (Å²) < 4.78 is 5.28. The van der Waals surface area contributed by atoms with Crippen molar-refractivity contribution in [3.05, 3.63) is 29.3 Å². The zero-order valence-corrected chi connectivity index (χ0v) is 11.2. The first-order valence-electron chi connectivity index (χ1n) is 6.40. The molecule has 1 amide bonds. The number of hydrogen-bond donors (Lipinski definition) is 2. The fourth-order valence-electron chi connectivity index (χ4n) is 2.34. The predicted molar refractivity (Wildman–Crippen MR) is 72.9 cm³/mol. The van der Waals surface area contributed by atoms with Crippen LogP contribution in [-0.4, -0.2) is 36.8 Å². The van der Waals surface area contributed by atoms with E-state index in [1.54, 1.807) is 30.0 Å². The van der Waals surface area contributed by atoms with Crippen molar-refractivity contribution >= 4 is 11.6 Å². The van der Waals surface area contributed by atoms with E-state index < -0.39 is 18.1 Å². The van der Waals surface area contributed by atoms with Crippen LogP contribution in [0.2, 0.25) is 0 Å². The van der Waals surface area contributed by atoms with Crippen LogP contribution in [0.25, 0.3) is 0 Å². The maximum absolute atomic E-state index is 11.5. The summed E-state index contributed by atoms with van der Waals surface area (Å²) in [4.78, 5) is 13.3. The molecule has 0 radical (unpaired) electrons. The topological polar surface area (TPSA) is 99.6 Å². The zero-order chi connectivity index (χ0) is 14.7. The van der Waals surface area contributed by atoms with Gasteiger partial charge < -0.3 is 20.5 Å². The molecule has 0 aromatic heterocycles. The number of carbonyl (C=O) groups is 1. The summed E-state index contributed by atoms with van der Waals surface area (Å²) in [5.41, 5.74) is 7.20. The average Bonchev–Trinajstić information content (AvgIpc) is 2.46. The highest BCUT2D eigenvalue weighted by Crippen LogP contribution is 2.30. The van der Waals surface area contributed by atoms with Gasteiger partial charge in [0.05, 0.1) is 31.0 Å². The highest BCUT2D eigenvalue weighted by Gasteiger charge is 2.30. The molecule has 0 spiro atoms. The first-order chi connectivity index (χ1) is 9.54. The van der Waals surface area contributed by atoms with Crippen LogP contribution < -0.4 is 10.6 Å². The van der Waals surface area contributed by atoms with Crippen molar-refractivity contribution < 1.29 is 14.6 Å². The molecule has 1 aromatic carbocycles. The molecule has 1 aliphatic rings. The molecule has 1 saturated heterocycles. The summed E-state index contributed by atoms with van der Waals surface area (Å²) in [7, 11) is 0. The summed E-state index contributed by atoms with van der Waals surface area (Å²) in [5, 5.41) is 18.9. The Hall–Kier alpha value is -2.10. The van der Waals surface area contributed by atoms with Crippen LogP contribution in [0.15, 0.2) is 18.2 Å². The number of morpholine rings is 1. The summed E-state index contributed by atoms with van der Waals surface area (Å²) in [6.45, 7) is 2.82. The summed E-state index contributed by atoms with van der Waals surface area (Å²) in [6, 6.07) is 6.49. The molecular formula is C14H17N3O3. The Morgan fingerprint density at radius 2 is 2.40 bits per heavy atom. The number of benzene rings is 1.